The summed E-state index contributed by atoms with van der Waals surface area (Å²) in [5.41, 5.74) is 1.41. The van der Waals surface area contributed by atoms with E-state index in [1.165, 1.54) is 11.2 Å². The van der Waals surface area contributed by atoms with Crippen LogP contribution in [-0.4, -0.2) is 39.0 Å². The van der Waals surface area contributed by atoms with Gasteiger partial charge in [-0.2, -0.15) is 5.10 Å². The number of nitrogens with zero attached hydrogens (tertiary/aromatic N) is 2. The molecule has 0 unspecified atom stereocenters. The van der Waals surface area contributed by atoms with E-state index in [9.17, 15) is 19.5 Å². The van der Waals surface area contributed by atoms with E-state index in [1.54, 1.807) is 0 Å². The van der Waals surface area contributed by atoms with Crippen LogP contribution in [0.3, 0.4) is 0 Å². The number of carboxylic acid groups (broad SMARTS) is 1. The van der Waals surface area contributed by atoms with Gasteiger partial charge in [-0.1, -0.05) is 28.1 Å². The van der Waals surface area contributed by atoms with E-state index in [-0.39, 0.29) is 11.3 Å². The van der Waals surface area contributed by atoms with Crippen LogP contribution in [0.5, 0.6) is 0 Å². The van der Waals surface area contributed by atoms with Gasteiger partial charge >= 0.3 is 5.97 Å². The van der Waals surface area contributed by atoms with Crippen molar-refractivity contribution in [3.8, 4) is 0 Å². The summed E-state index contributed by atoms with van der Waals surface area (Å²) in [5, 5.41) is 16.5. The smallest absolute Gasteiger partial charge is 0.328 e. The minimum Gasteiger partial charge on any atom is -0.480 e. The van der Waals surface area contributed by atoms with Crippen molar-refractivity contribution in [2.45, 2.75) is 12.5 Å². The predicted molar refractivity (Wildman–Crippen MR) is 87.8 cm³/mol. The van der Waals surface area contributed by atoms with Crippen molar-refractivity contribution >= 4 is 50.5 Å². The summed E-state index contributed by atoms with van der Waals surface area (Å²) in [6.07, 6.45) is 1.51. The molecule has 1 aromatic rings. The molecule has 0 radical (unpaired) electrons. The Morgan fingerprint density at radius 1 is 1.39 bits per heavy atom. The SMILES string of the molecule is O=C1NC(=O)/C(=C/N2N=C(c3ccc(Br)cc3)C[C@@H]2C(=O)O)S1. The lowest BCUT2D eigenvalue weighted by atomic mass is 10.0. The average Bonchev–Trinajstić information content (AvgIpc) is 3.04. The lowest BCUT2D eigenvalue weighted by Gasteiger charge is -2.15. The molecule has 2 heterocycles. The maximum absolute atomic E-state index is 11.6. The summed E-state index contributed by atoms with van der Waals surface area (Å²) in [4.78, 5) is 34.3. The van der Waals surface area contributed by atoms with Gasteiger partial charge in [-0.25, -0.2) is 4.79 Å². The number of thioether (sulfide) groups is 1. The molecule has 1 atom stereocenters. The Labute approximate surface area is 143 Å². The van der Waals surface area contributed by atoms with Crippen molar-refractivity contribution in [1.29, 1.82) is 0 Å². The van der Waals surface area contributed by atoms with Crippen molar-refractivity contribution in [3.63, 3.8) is 0 Å². The third-order valence-corrected chi connectivity index (χ3v) is 4.62. The van der Waals surface area contributed by atoms with Gasteiger partial charge in [-0.15, -0.1) is 0 Å². The first-order valence-electron chi connectivity index (χ1n) is 6.53. The second kappa shape index (κ2) is 6.17. The van der Waals surface area contributed by atoms with E-state index in [0.29, 0.717) is 5.71 Å². The molecule has 2 amide bonds. The minimum atomic E-state index is -1.05. The van der Waals surface area contributed by atoms with Gasteiger partial charge in [0.1, 0.15) is 4.91 Å². The van der Waals surface area contributed by atoms with Crippen molar-refractivity contribution in [1.82, 2.24) is 10.3 Å². The maximum atomic E-state index is 11.6. The molecule has 0 saturated carbocycles. The number of hydrogen-bond donors (Lipinski definition) is 2. The van der Waals surface area contributed by atoms with Gasteiger partial charge < -0.3 is 5.11 Å². The van der Waals surface area contributed by atoms with Gasteiger partial charge in [0.2, 0.25) is 0 Å². The van der Waals surface area contributed by atoms with Crippen molar-refractivity contribution in [3.05, 3.63) is 45.4 Å². The van der Waals surface area contributed by atoms with Crippen LogP contribution >= 0.6 is 27.7 Å². The fourth-order valence-corrected chi connectivity index (χ4v) is 3.11. The standard InChI is InChI=1S/C14H10BrN3O4S/c15-8-3-1-7(2-4-8)9-5-10(13(20)21)18(17-9)6-11-12(19)16-14(22)23-11/h1-4,6,10H,5H2,(H,20,21)(H,16,19,22)/b11-6-/t10-/m1/s1. The molecule has 0 spiro atoms. The van der Waals surface area contributed by atoms with Crippen LogP contribution < -0.4 is 5.32 Å². The first-order chi connectivity index (χ1) is 10.9. The first kappa shape index (κ1) is 15.8. The fourth-order valence-electron chi connectivity index (χ4n) is 2.19. The van der Waals surface area contributed by atoms with E-state index >= 15 is 0 Å². The van der Waals surface area contributed by atoms with Crippen LogP contribution in [0, 0.1) is 0 Å². The molecule has 0 aliphatic carbocycles. The molecule has 7 nitrogen and oxygen atoms in total. The molecule has 1 aromatic carbocycles. The van der Waals surface area contributed by atoms with Crippen molar-refractivity contribution in [2.75, 3.05) is 0 Å². The zero-order valence-corrected chi connectivity index (χ0v) is 13.9. The van der Waals surface area contributed by atoms with Gasteiger partial charge in [0.15, 0.2) is 6.04 Å². The molecule has 2 aliphatic rings. The average molecular weight is 396 g/mol. The Morgan fingerprint density at radius 2 is 2.09 bits per heavy atom. The van der Waals surface area contributed by atoms with E-state index < -0.39 is 23.2 Å². The fraction of sp³-hybridized carbons (Fsp3) is 0.143. The largest absolute Gasteiger partial charge is 0.480 e. The van der Waals surface area contributed by atoms with Crippen molar-refractivity contribution in [2.24, 2.45) is 5.10 Å². The lowest BCUT2D eigenvalue weighted by molar-refractivity contribution is -0.141. The van der Waals surface area contributed by atoms with Gasteiger partial charge in [-0.05, 0) is 29.5 Å². The van der Waals surface area contributed by atoms with Crippen LogP contribution in [0.25, 0.3) is 0 Å². The normalized spacial score (nSPS) is 22.5. The van der Waals surface area contributed by atoms with Gasteiger partial charge in [0.25, 0.3) is 11.1 Å². The highest BCUT2D eigenvalue weighted by Crippen LogP contribution is 2.28. The molecule has 0 aromatic heterocycles. The number of carbonyl (C=O) groups is 3. The predicted octanol–water partition coefficient (Wildman–Crippen LogP) is 2.14. The Bertz CT molecular complexity index is 760. The molecule has 3 rings (SSSR count). The molecule has 2 N–H and O–H groups in total. The number of carboxylic acids is 1. The Morgan fingerprint density at radius 3 is 2.65 bits per heavy atom. The maximum Gasteiger partial charge on any atom is 0.328 e. The molecule has 0 bridgehead atoms. The zero-order valence-electron chi connectivity index (χ0n) is 11.5. The highest BCUT2D eigenvalue weighted by molar-refractivity contribution is 9.10. The number of benzene rings is 1. The summed E-state index contributed by atoms with van der Waals surface area (Å²) >= 11 is 4.06. The number of rotatable bonds is 3. The van der Waals surface area contributed by atoms with Crippen molar-refractivity contribution < 1.29 is 19.5 Å². The number of imide groups is 1. The van der Waals surface area contributed by atoms with Gasteiger partial charge in [0.05, 0.1) is 5.71 Å². The number of nitrogens with one attached hydrogen (secondary N) is 1. The third kappa shape index (κ3) is 3.30. The van der Waals surface area contributed by atoms with Gasteiger partial charge in [0, 0.05) is 17.1 Å². The second-order valence-corrected chi connectivity index (χ2v) is 6.76. The highest BCUT2D eigenvalue weighted by atomic mass is 79.9. The molecule has 23 heavy (non-hydrogen) atoms. The minimum absolute atomic E-state index is 0.127. The number of aliphatic carboxylic acids is 1. The van der Waals surface area contributed by atoms with Crippen LogP contribution in [0.15, 0.2) is 44.9 Å². The van der Waals surface area contributed by atoms with E-state index in [0.717, 1.165) is 21.8 Å². The van der Waals surface area contributed by atoms with Gasteiger partial charge in [-0.3, -0.25) is 19.9 Å². The lowest BCUT2D eigenvalue weighted by Crippen LogP contribution is -2.31. The molecule has 118 valence electrons. The summed E-state index contributed by atoms with van der Waals surface area (Å²) in [5.74, 6) is -1.59. The number of halogens is 1. The highest BCUT2D eigenvalue weighted by Gasteiger charge is 2.34. The number of carbonyl (C=O) groups excluding carboxylic acids is 2. The van der Waals surface area contributed by atoms with E-state index in [1.807, 2.05) is 24.3 Å². The molecular weight excluding hydrogens is 386 g/mol. The summed E-state index contributed by atoms with van der Waals surface area (Å²) in [6.45, 7) is 0. The summed E-state index contributed by atoms with van der Waals surface area (Å²) < 4.78 is 0.908. The molecule has 2 aliphatic heterocycles. The van der Waals surface area contributed by atoms with E-state index in [2.05, 4.69) is 26.3 Å². The number of hydrazone groups is 1. The Hall–Kier alpha value is -2.13. The monoisotopic (exact) mass is 395 g/mol. The molecule has 1 fully saturated rings. The summed E-state index contributed by atoms with van der Waals surface area (Å²) in [7, 11) is 0. The summed E-state index contributed by atoms with van der Waals surface area (Å²) in [6, 6.07) is 6.43. The van der Waals surface area contributed by atoms with Crippen LogP contribution in [-0.2, 0) is 9.59 Å². The zero-order chi connectivity index (χ0) is 16.6. The van der Waals surface area contributed by atoms with Crippen LogP contribution in [0.1, 0.15) is 12.0 Å². The van der Waals surface area contributed by atoms with Crippen LogP contribution in [0.4, 0.5) is 4.79 Å². The second-order valence-electron chi connectivity index (χ2n) is 4.83. The number of hydrogen-bond acceptors (Lipinski definition) is 6. The molecule has 9 heteroatoms. The molecular formula is C14H10BrN3O4S. The Balaban J connectivity index is 1.91. The molecule has 1 saturated heterocycles. The topological polar surface area (TPSA) is 99.1 Å². The third-order valence-electron chi connectivity index (χ3n) is 3.30. The number of amides is 2. The quantitative estimate of drug-likeness (QED) is 0.760. The first-order valence-corrected chi connectivity index (χ1v) is 8.14. The van der Waals surface area contributed by atoms with Crippen LogP contribution in [0.2, 0.25) is 0 Å². The Kier molecular flexibility index (Phi) is 4.22. The van der Waals surface area contributed by atoms with E-state index in [4.69, 9.17) is 0 Å².